The molecule has 2 atom stereocenters. The van der Waals surface area contributed by atoms with Gasteiger partial charge in [0.1, 0.15) is 0 Å². The Morgan fingerprint density at radius 1 is 1.02 bits per heavy atom. The molecule has 3 heterocycles. The van der Waals surface area contributed by atoms with E-state index in [9.17, 15) is 19.5 Å². The van der Waals surface area contributed by atoms with Gasteiger partial charge in [0, 0.05) is 55.3 Å². The maximum absolute atomic E-state index is 13.7. The first kappa shape index (κ1) is 30.5. The first-order valence-corrected chi connectivity index (χ1v) is 15.8. The largest absolute Gasteiger partial charge is 0.387 e. The van der Waals surface area contributed by atoms with Crippen LogP contribution in [0.3, 0.4) is 0 Å². The summed E-state index contributed by atoms with van der Waals surface area (Å²) in [4.78, 5) is 44.4. The van der Waals surface area contributed by atoms with Gasteiger partial charge in [0.25, 0.3) is 11.5 Å². The molecular weight excluding hydrogens is 530 g/mol. The molecule has 0 radical (unpaired) electrons. The monoisotopic (exact) mass is 577 g/mol. The molecule has 0 spiro atoms. The number of piperidine rings is 1. The molecule has 228 valence electrons. The van der Waals surface area contributed by atoms with Crippen molar-refractivity contribution in [3.63, 3.8) is 0 Å². The number of carbonyl (C=O) groups excluding carboxylic acids is 2. The van der Waals surface area contributed by atoms with Gasteiger partial charge in [0.05, 0.1) is 30.9 Å². The summed E-state index contributed by atoms with van der Waals surface area (Å²) in [6.45, 7) is 8.87. The number of aliphatic hydroxyl groups is 1. The number of rotatable bonds is 7. The van der Waals surface area contributed by atoms with Crippen molar-refractivity contribution >= 4 is 11.8 Å². The topological polar surface area (TPSA) is 92.1 Å². The highest BCUT2D eigenvalue weighted by Gasteiger charge is 2.49. The zero-order chi connectivity index (χ0) is 29.9. The lowest BCUT2D eigenvalue weighted by molar-refractivity contribution is -0.157. The van der Waals surface area contributed by atoms with E-state index in [1.807, 2.05) is 56.0 Å². The molecule has 3 aliphatic rings. The Morgan fingerprint density at radius 2 is 1.71 bits per heavy atom. The lowest BCUT2D eigenvalue weighted by Crippen LogP contribution is -2.61. The highest BCUT2D eigenvalue weighted by Crippen LogP contribution is 2.41. The molecule has 2 aromatic rings. The summed E-state index contributed by atoms with van der Waals surface area (Å²) < 4.78 is 6.94. The third kappa shape index (κ3) is 6.50. The van der Waals surface area contributed by atoms with Crippen LogP contribution in [0.15, 0.2) is 47.4 Å². The van der Waals surface area contributed by atoms with Crippen LogP contribution in [0.4, 0.5) is 0 Å². The molecule has 0 bridgehead atoms. The number of ether oxygens (including phenoxy) is 1. The summed E-state index contributed by atoms with van der Waals surface area (Å²) >= 11 is 0. The van der Waals surface area contributed by atoms with E-state index in [1.54, 1.807) is 11.1 Å². The summed E-state index contributed by atoms with van der Waals surface area (Å²) in [7, 11) is 0. The van der Waals surface area contributed by atoms with Gasteiger partial charge in [-0.05, 0) is 24.3 Å². The lowest BCUT2D eigenvalue weighted by Gasteiger charge is -2.51. The van der Waals surface area contributed by atoms with Crippen molar-refractivity contribution < 1.29 is 19.4 Å². The van der Waals surface area contributed by atoms with Crippen LogP contribution in [0.1, 0.15) is 76.1 Å². The maximum Gasteiger partial charge on any atom is 0.256 e. The molecule has 1 N–H and O–H groups in total. The van der Waals surface area contributed by atoms with Crippen LogP contribution in [0, 0.1) is 17.3 Å². The van der Waals surface area contributed by atoms with E-state index in [0.29, 0.717) is 62.9 Å². The van der Waals surface area contributed by atoms with Crippen LogP contribution in [-0.2, 0) is 16.1 Å². The summed E-state index contributed by atoms with van der Waals surface area (Å²) in [5, 5.41) is 12.0. The van der Waals surface area contributed by atoms with Crippen molar-refractivity contribution in [2.24, 2.45) is 17.3 Å². The van der Waals surface area contributed by atoms with Gasteiger partial charge in [0.2, 0.25) is 5.91 Å². The van der Waals surface area contributed by atoms with Gasteiger partial charge in [-0.1, -0.05) is 83.2 Å². The quantitative estimate of drug-likeness (QED) is 0.520. The minimum Gasteiger partial charge on any atom is -0.387 e. The fourth-order valence-electron chi connectivity index (χ4n) is 7.12. The predicted molar refractivity (Wildman–Crippen MR) is 163 cm³/mol. The maximum atomic E-state index is 13.7. The zero-order valence-electron chi connectivity index (χ0n) is 25.5. The van der Waals surface area contributed by atoms with Gasteiger partial charge in [-0.2, -0.15) is 0 Å². The summed E-state index contributed by atoms with van der Waals surface area (Å²) in [5.41, 5.74) is -0.325. The normalized spacial score (nSPS) is 23.9. The van der Waals surface area contributed by atoms with E-state index in [-0.39, 0.29) is 29.8 Å². The molecular formula is C34H47N3O5. The van der Waals surface area contributed by atoms with Crippen LogP contribution >= 0.6 is 0 Å². The van der Waals surface area contributed by atoms with Gasteiger partial charge >= 0.3 is 0 Å². The molecule has 2 amide bonds. The van der Waals surface area contributed by atoms with Crippen LogP contribution in [0.25, 0.3) is 11.1 Å². The Bertz CT molecular complexity index is 1310. The number of hydrogen-bond donors (Lipinski definition) is 1. The van der Waals surface area contributed by atoms with E-state index in [2.05, 4.69) is 0 Å². The Morgan fingerprint density at radius 3 is 2.38 bits per heavy atom. The molecule has 2 unspecified atom stereocenters. The molecule has 2 aliphatic heterocycles. The molecule has 8 nitrogen and oxygen atoms in total. The summed E-state index contributed by atoms with van der Waals surface area (Å²) in [5.74, 6) is 0.618. The number of pyridine rings is 1. The second-order valence-electron chi connectivity index (χ2n) is 13.4. The molecule has 2 saturated heterocycles. The van der Waals surface area contributed by atoms with Crippen molar-refractivity contribution in [1.29, 1.82) is 0 Å². The Hall–Kier alpha value is -2.97. The van der Waals surface area contributed by atoms with E-state index in [1.165, 1.54) is 42.7 Å². The smallest absolute Gasteiger partial charge is 0.256 e. The van der Waals surface area contributed by atoms with E-state index < -0.39 is 11.0 Å². The summed E-state index contributed by atoms with van der Waals surface area (Å²) in [6, 6.07) is 11.0. The van der Waals surface area contributed by atoms with Crippen molar-refractivity contribution in [2.45, 2.75) is 77.9 Å². The first-order chi connectivity index (χ1) is 20.1. The zero-order valence-corrected chi connectivity index (χ0v) is 25.5. The highest BCUT2D eigenvalue weighted by molar-refractivity contribution is 6.00. The summed E-state index contributed by atoms with van der Waals surface area (Å²) in [6.07, 6.45) is 9.19. The fraction of sp³-hybridized carbons (Fsp3) is 0.618. The number of hydrogen-bond acceptors (Lipinski definition) is 5. The molecule has 8 heteroatoms. The van der Waals surface area contributed by atoms with Crippen LogP contribution in [-0.4, -0.2) is 76.3 Å². The van der Waals surface area contributed by atoms with E-state index in [4.69, 9.17) is 4.74 Å². The standard InChI is InChI=1S/C34H47N3O5/c1-25(20-26-10-6-4-7-11-26)31(39)36-15-14-34(41,33(2,3)23-36)24-37-22-29(32(40)35-16-18-42-19-17-35)28(21-30(37)38)27-12-8-5-9-13-27/h5,8-9,12-13,21-22,25-26,41H,4,6-7,10-11,14-20,23-24H2,1-3H3. The fourth-order valence-corrected chi connectivity index (χ4v) is 7.12. The molecule has 1 saturated carbocycles. The average Bonchev–Trinajstić information content (AvgIpc) is 3.00. The molecule has 5 rings (SSSR count). The van der Waals surface area contributed by atoms with Gasteiger partial charge < -0.3 is 24.2 Å². The number of amides is 2. The Kier molecular flexibility index (Phi) is 9.23. The number of aromatic nitrogens is 1. The number of benzene rings is 1. The highest BCUT2D eigenvalue weighted by atomic mass is 16.5. The van der Waals surface area contributed by atoms with Crippen molar-refractivity contribution in [1.82, 2.24) is 14.4 Å². The minimum absolute atomic E-state index is 0.0306. The first-order valence-electron chi connectivity index (χ1n) is 15.8. The van der Waals surface area contributed by atoms with Crippen LogP contribution < -0.4 is 5.56 Å². The molecule has 1 aromatic heterocycles. The van der Waals surface area contributed by atoms with Gasteiger partial charge in [-0.3, -0.25) is 14.4 Å². The van der Waals surface area contributed by atoms with Gasteiger partial charge in [0.15, 0.2) is 0 Å². The van der Waals surface area contributed by atoms with Crippen LogP contribution in [0.2, 0.25) is 0 Å². The third-order valence-electron chi connectivity index (χ3n) is 9.96. The Labute approximate surface area is 249 Å². The van der Waals surface area contributed by atoms with Gasteiger partial charge in [-0.25, -0.2) is 0 Å². The molecule has 1 aliphatic carbocycles. The minimum atomic E-state index is -1.23. The predicted octanol–water partition coefficient (Wildman–Crippen LogP) is 4.58. The van der Waals surface area contributed by atoms with E-state index in [0.717, 1.165) is 12.0 Å². The van der Waals surface area contributed by atoms with Crippen molar-refractivity contribution in [2.75, 3.05) is 39.4 Å². The van der Waals surface area contributed by atoms with Gasteiger partial charge in [-0.15, -0.1) is 0 Å². The second kappa shape index (κ2) is 12.7. The average molecular weight is 578 g/mol. The number of likely N-dealkylation sites (tertiary alicyclic amines) is 1. The van der Waals surface area contributed by atoms with Crippen molar-refractivity contribution in [3.8, 4) is 11.1 Å². The number of morpholine rings is 1. The van der Waals surface area contributed by atoms with Crippen molar-refractivity contribution in [3.05, 3.63) is 58.5 Å². The SMILES string of the molecule is CC(CC1CCCCC1)C(=O)N1CCC(O)(Cn2cc(C(=O)N3CCOCC3)c(-c3ccccc3)cc2=O)C(C)(C)C1. The molecule has 42 heavy (non-hydrogen) atoms. The third-order valence-corrected chi connectivity index (χ3v) is 9.96. The van der Waals surface area contributed by atoms with E-state index >= 15 is 0 Å². The second-order valence-corrected chi connectivity index (χ2v) is 13.4. The molecule has 3 fully saturated rings. The number of carbonyl (C=O) groups is 2. The number of nitrogens with zero attached hydrogens (tertiary/aromatic N) is 3. The lowest BCUT2D eigenvalue weighted by atomic mass is 9.69. The van der Waals surface area contributed by atoms with Crippen LogP contribution in [0.5, 0.6) is 0 Å². The Balaban J connectivity index is 1.36. The molecule has 1 aromatic carbocycles.